The van der Waals surface area contributed by atoms with Crippen molar-refractivity contribution in [2.45, 2.75) is 24.7 Å². The SMILES string of the molecule is [N-]=[N+]=NC1C(F)CCOC1CO. The summed E-state index contributed by atoms with van der Waals surface area (Å²) in [4.78, 5) is 2.50. The largest absolute Gasteiger partial charge is 0.394 e. The average Bonchev–Trinajstić information content (AvgIpc) is 2.09. The van der Waals surface area contributed by atoms with Gasteiger partial charge in [-0.3, -0.25) is 0 Å². The molecule has 0 aromatic heterocycles. The highest BCUT2D eigenvalue weighted by atomic mass is 19.1. The van der Waals surface area contributed by atoms with Crippen molar-refractivity contribution in [3.63, 3.8) is 0 Å². The summed E-state index contributed by atoms with van der Waals surface area (Å²) in [6.07, 6.45) is -1.67. The van der Waals surface area contributed by atoms with Crippen molar-refractivity contribution in [1.82, 2.24) is 0 Å². The van der Waals surface area contributed by atoms with Crippen LogP contribution in [0, 0.1) is 0 Å². The Kier molecular flexibility index (Phi) is 3.28. The lowest BCUT2D eigenvalue weighted by atomic mass is 10.0. The number of hydrogen-bond donors (Lipinski definition) is 1. The highest BCUT2D eigenvalue weighted by Gasteiger charge is 2.33. The Hall–Kier alpha value is -0.840. The van der Waals surface area contributed by atoms with Crippen LogP contribution in [0.5, 0.6) is 0 Å². The molecule has 0 aromatic carbocycles. The molecule has 0 radical (unpaired) electrons. The van der Waals surface area contributed by atoms with Crippen LogP contribution in [0.1, 0.15) is 6.42 Å². The summed E-state index contributed by atoms with van der Waals surface area (Å²) in [5, 5.41) is 12.0. The zero-order valence-electron chi connectivity index (χ0n) is 6.43. The van der Waals surface area contributed by atoms with Crippen LogP contribution >= 0.6 is 0 Å². The quantitative estimate of drug-likeness (QED) is 0.382. The third kappa shape index (κ3) is 1.85. The van der Waals surface area contributed by atoms with Gasteiger partial charge in [-0.15, -0.1) is 0 Å². The first-order valence-electron chi connectivity index (χ1n) is 3.70. The maximum Gasteiger partial charge on any atom is 0.113 e. The molecule has 1 heterocycles. The van der Waals surface area contributed by atoms with E-state index in [0.29, 0.717) is 0 Å². The van der Waals surface area contributed by atoms with E-state index in [1.165, 1.54) is 0 Å². The van der Waals surface area contributed by atoms with Gasteiger partial charge >= 0.3 is 0 Å². The molecule has 1 aliphatic rings. The lowest BCUT2D eigenvalue weighted by molar-refractivity contribution is -0.0585. The molecule has 1 saturated heterocycles. The normalized spacial score (nSPS) is 35.7. The summed E-state index contributed by atoms with van der Waals surface area (Å²) in [5.74, 6) is 0. The predicted molar refractivity (Wildman–Crippen MR) is 39.3 cm³/mol. The van der Waals surface area contributed by atoms with Gasteiger partial charge < -0.3 is 9.84 Å². The second-order valence-electron chi connectivity index (χ2n) is 2.59. The number of aliphatic hydroxyl groups is 1. The number of alkyl halides is 1. The van der Waals surface area contributed by atoms with Crippen LogP contribution in [0.15, 0.2) is 5.11 Å². The van der Waals surface area contributed by atoms with Gasteiger partial charge in [-0.2, -0.15) is 0 Å². The number of hydrogen-bond acceptors (Lipinski definition) is 3. The monoisotopic (exact) mass is 175 g/mol. The van der Waals surface area contributed by atoms with Crippen molar-refractivity contribution in [1.29, 1.82) is 0 Å². The van der Waals surface area contributed by atoms with Crippen molar-refractivity contribution in [2.75, 3.05) is 13.2 Å². The van der Waals surface area contributed by atoms with Gasteiger partial charge in [0.25, 0.3) is 0 Å². The van der Waals surface area contributed by atoms with Crippen LogP contribution in [0.4, 0.5) is 4.39 Å². The molecule has 3 atom stereocenters. The fraction of sp³-hybridized carbons (Fsp3) is 1.00. The molecular formula is C6H10FN3O2. The maximum atomic E-state index is 13.0. The van der Waals surface area contributed by atoms with Gasteiger partial charge in [0, 0.05) is 17.9 Å². The Bertz CT molecular complexity index is 195. The van der Waals surface area contributed by atoms with Crippen molar-refractivity contribution in [3.05, 3.63) is 10.4 Å². The first-order chi connectivity index (χ1) is 5.79. The molecule has 5 nitrogen and oxygen atoms in total. The minimum absolute atomic E-state index is 0.222. The molecule has 1 fully saturated rings. The Morgan fingerprint density at radius 1 is 1.75 bits per heavy atom. The topological polar surface area (TPSA) is 78.2 Å². The first-order valence-corrected chi connectivity index (χ1v) is 3.70. The molecular weight excluding hydrogens is 165 g/mol. The zero-order valence-corrected chi connectivity index (χ0v) is 6.43. The van der Waals surface area contributed by atoms with E-state index in [1.54, 1.807) is 0 Å². The van der Waals surface area contributed by atoms with E-state index in [0.717, 1.165) is 0 Å². The van der Waals surface area contributed by atoms with Gasteiger partial charge in [0.05, 0.1) is 18.8 Å². The fourth-order valence-electron chi connectivity index (χ4n) is 1.20. The summed E-state index contributed by atoms with van der Waals surface area (Å²) in [7, 11) is 0. The molecule has 3 unspecified atom stereocenters. The molecule has 1 N–H and O–H groups in total. The third-order valence-corrected chi connectivity index (χ3v) is 1.84. The Morgan fingerprint density at radius 2 is 2.50 bits per heavy atom. The zero-order chi connectivity index (χ0) is 8.97. The molecule has 0 aliphatic carbocycles. The Labute approximate surface area is 68.8 Å². The first kappa shape index (κ1) is 9.25. The molecule has 0 saturated carbocycles. The number of halogens is 1. The summed E-state index contributed by atoms with van der Waals surface area (Å²) in [5.41, 5.74) is 8.10. The minimum Gasteiger partial charge on any atom is -0.394 e. The van der Waals surface area contributed by atoms with E-state index in [4.69, 9.17) is 15.4 Å². The van der Waals surface area contributed by atoms with Crippen LogP contribution in [-0.2, 0) is 4.74 Å². The number of aliphatic hydroxyl groups excluding tert-OH is 1. The van der Waals surface area contributed by atoms with Gasteiger partial charge in [0.15, 0.2) is 0 Å². The van der Waals surface area contributed by atoms with E-state index in [9.17, 15) is 4.39 Å². The number of rotatable bonds is 2. The van der Waals surface area contributed by atoms with Crippen molar-refractivity contribution < 1.29 is 14.2 Å². The van der Waals surface area contributed by atoms with E-state index < -0.39 is 18.3 Å². The Morgan fingerprint density at radius 3 is 3.08 bits per heavy atom. The number of ether oxygens (including phenoxy) is 1. The molecule has 12 heavy (non-hydrogen) atoms. The van der Waals surface area contributed by atoms with Crippen LogP contribution in [-0.4, -0.2) is 36.6 Å². The van der Waals surface area contributed by atoms with Crippen molar-refractivity contribution in [2.24, 2.45) is 5.11 Å². The highest BCUT2D eigenvalue weighted by molar-refractivity contribution is 4.87. The van der Waals surface area contributed by atoms with E-state index in [-0.39, 0.29) is 19.6 Å². The molecule has 1 aliphatic heterocycles. The molecule has 0 amide bonds. The predicted octanol–water partition coefficient (Wildman–Crippen LogP) is 0.785. The van der Waals surface area contributed by atoms with Gasteiger partial charge in [0.2, 0.25) is 0 Å². The van der Waals surface area contributed by atoms with E-state index in [1.807, 2.05) is 0 Å². The smallest absolute Gasteiger partial charge is 0.113 e. The molecule has 68 valence electrons. The lowest BCUT2D eigenvalue weighted by Crippen LogP contribution is -2.43. The van der Waals surface area contributed by atoms with Crippen molar-refractivity contribution in [3.8, 4) is 0 Å². The van der Waals surface area contributed by atoms with Crippen LogP contribution in [0.2, 0.25) is 0 Å². The Balaban J connectivity index is 2.65. The number of nitrogens with zero attached hydrogens (tertiary/aromatic N) is 3. The van der Waals surface area contributed by atoms with Gasteiger partial charge in [-0.1, -0.05) is 5.11 Å². The maximum absolute atomic E-state index is 13.0. The molecule has 0 spiro atoms. The van der Waals surface area contributed by atoms with Gasteiger partial charge in [-0.25, -0.2) is 4.39 Å². The van der Waals surface area contributed by atoms with Crippen LogP contribution in [0.3, 0.4) is 0 Å². The lowest BCUT2D eigenvalue weighted by Gasteiger charge is -2.29. The third-order valence-electron chi connectivity index (χ3n) is 1.84. The minimum atomic E-state index is -1.20. The summed E-state index contributed by atoms with van der Waals surface area (Å²) in [6, 6.07) is -0.881. The van der Waals surface area contributed by atoms with Crippen molar-refractivity contribution >= 4 is 0 Å². The van der Waals surface area contributed by atoms with Gasteiger partial charge in [-0.05, 0) is 5.53 Å². The molecule has 0 aromatic rings. The fourth-order valence-corrected chi connectivity index (χ4v) is 1.20. The summed E-state index contributed by atoms with van der Waals surface area (Å²) >= 11 is 0. The highest BCUT2D eigenvalue weighted by Crippen LogP contribution is 2.20. The van der Waals surface area contributed by atoms with Gasteiger partial charge in [0.1, 0.15) is 6.17 Å². The number of azide groups is 1. The van der Waals surface area contributed by atoms with Crippen LogP contribution in [0.25, 0.3) is 10.4 Å². The van der Waals surface area contributed by atoms with Crippen LogP contribution < -0.4 is 0 Å². The van der Waals surface area contributed by atoms with E-state index in [2.05, 4.69) is 10.0 Å². The average molecular weight is 175 g/mol. The standard InChI is InChI=1S/C6H10FN3O2/c7-4-1-2-12-5(3-11)6(4)9-10-8/h4-6,11H,1-3H2. The van der Waals surface area contributed by atoms with E-state index >= 15 is 0 Å². The summed E-state index contributed by atoms with van der Waals surface area (Å²) in [6.45, 7) is -0.0477. The second-order valence-corrected chi connectivity index (χ2v) is 2.59. The molecule has 0 bridgehead atoms. The molecule has 6 heteroatoms. The molecule has 1 rings (SSSR count). The second kappa shape index (κ2) is 4.25. The summed E-state index contributed by atoms with van der Waals surface area (Å²) < 4.78 is 18.0.